The monoisotopic (exact) mass is 345 g/mol. The zero-order valence-corrected chi connectivity index (χ0v) is 13.3. The van der Waals surface area contributed by atoms with Crippen molar-refractivity contribution in [2.45, 2.75) is 25.3 Å². The fraction of sp³-hybridized carbons (Fsp3) is 0.222. The van der Waals surface area contributed by atoms with Gasteiger partial charge < -0.3 is 5.32 Å². The lowest BCUT2D eigenvalue weighted by molar-refractivity contribution is -0.121. The van der Waals surface area contributed by atoms with E-state index in [9.17, 15) is 18.4 Å². The molecule has 130 valence electrons. The number of hydrazine groups is 1. The number of amides is 3. The van der Waals surface area contributed by atoms with Gasteiger partial charge in [0.05, 0.1) is 12.5 Å². The molecular formula is C18H17F2N3O2. The number of hydrogen-bond acceptors (Lipinski definition) is 2. The van der Waals surface area contributed by atoms with E-state index in [-0.39, 0.29) is 24.1 Å². The molecule has 5 nitrogen and oxygen atoms in total. The number of carbonyl (C=O) groups is 2. The molecule has 0 aromatic heterocycles. The van der Waals surface area contributed by atoms with Gasteiger partial charge in [0.25, 0.3) is 0 Å². The minimum absolute atomic E-state index is 0.0199. The van der Waals surface area contributed by atoms with Gasteiger partial charge in [-0.3, -0.25) is 10.2 Å². The minimum atomic E-state index is -0.547. The Bertz CT molecular complexity index is 793. The highest BCUT2D eigenvalue weighted by Crippen LogP contribution is 2.31. The zero-order valence-electron chi connectivity index (χ0n) is 13.3. The third-order valence-electron chi connectivity index (χ3n) is 4.08. The molecule has 0 spiro atoms. The lowest BCUT2D eigenvalue weighted by Gasteiger charge is -2.15. The van der Waals surface area contributed by atoms with Gasteiger partial charge in [-0.2, -0.15) is 0 Å². The molecule has 1 unspecified atom stereocenters. The molecule has 0 fully saturated rings. The number of urea groups is 1. The smallest absolute Gasteiger partial charge is 0.330 e. The second-order valence-electron chi connectivity index (χ2n) is 5.88. The molecule has 1 aliphatic rings. The molecule has 25 heavy (non-hydrogen) atoms. The summed E-state index contributed by atoms with van der Waals surface area (Å²) in [6.07, 6.45) is 1.39. The van der Waals surface area contributed by atoms with Crippen molar-refractivity contribution in [1.29, 1.82) is 0 Å². The molecule has 2 aromatic rings. The van der Waals surface area contributed by atoms with Crippen LogP contribution >= 0.6 is 0 Å². The van der Waals surface area contributed by atoms with E-state index in [2.05, 4.69) is 16.2 Å². The third kappa shape index (κ3) is 4.32. The fourth-order valence-corrected chi connectivity index (χ4v) is 2.89. The van der Waals surface area contributed by atoms with Crippen molar-refractivity contribution in [1.82, 2.24) is 16.2 Å². The van der Waals surface area contributed by atoms with E-state index in [0.717, 1.165) is 11.1 Å². The van der Waals surface area contributed by atoms with Crippen LogP contribution in [0.15, 0.2) is 42.5 Å². The lowest BCUT2D eigenvalue weighted by atomic mass is 10.1. The van der Waals surface area contributed by atoms with Crippen molar-refractivity contribution in [2.24, 2.45) is 0 Å². The van der Waals surface area contributed by atoms with Gasteiger partial charge >= 0.3 is 6.03 Å². The molecule has 3 amide bonds. The molecule has 0 radical (unpaired) electrons. The van der Waals surface area contributed by atoms with Crippen molar-refractivity contribution < 1.29 is 18.4 Å². The summed E-state index contributed by atoms with van der Waals surface area (Å²) in [6, 6.07) is 9.27. The standard InChI is InChI=1S/C18H17F2N3O2/c19-13-4-1-11(2-5-13)9-17(24)22-23-18(25)21-16-8-3-12-10-14(20)6-7-15(12)16/h1-2,4-7,10,16H,3,8-9H2,(H,22,24)(H2,21,23,25). The topological polar surface area (TPSA) is 70.2 Å². The van der Waals surface area contributed by atoms with Crippen LogP contribution in [0.1, 0.15) is 29.2 Å². The zero-order chi connectivity index (χ0) is 17.8. The van der Waals surface area contributed by atoms with Gasteiger partial charge in [-0.1, -0.05) is 18.2 Å². The van der Waals surface area contributed by atoms with E-state index in [1.54, 1.807) is 6.07 Å². The van der Waals surface area contributed by atoms with E-state index in [4.69, 9.17) is 0 Å². The average molecular weight is 345 g/mol. The van der Waals surface area contributed by atoms with Crippen LogP contribution in [-0.2, 0) is 17.6 Å². The number of hydrogen-bond donors (Lipinski definition) is 3. The summed E-state index contributed by atoms with van der Waals surface area (Å²) < 4.78 is 26.0. The largest absolute Gasteiger partial charge is 0.333 e. The Morgan fingerprint density at radius 3 is 2.48 bits per heavy atom. The Morgan fingerprint density at radius 2 is 1.72 bits per heavy atom. The van der Waals surface area contributed by atoms with Crippen LogP contribution in [0, 0.1) is 11.6 Å². The van der Waals surface area contributed by atoms with Crippen LogP contribution in [0.4, 0.5) is 13.6 Å². The molecule has 0 bridgehead atoms. The maximum Gasteiger partial charge on any atom is 0.333 e. The number of rotatable bonds is 3. The number of fused-ring (bicyclic) bond motifs is 1. The van der Waals surface area contributed by atoms with Crippen LogP contribution in [0.3, 0.4) is 0 Å². The first-order chi connectivity index (χ1) is 12.0. The minimum Gasteiger partial charge on any atom is -0.330 e. The summed E-state index contributed by atoms with van der Waals surface area (Å²) in [6.45, 7) is 0. The molecule has 7 heteroatoms. The van der Waals surface area contributed by atoms with Crippen molar-refractivity contribution in [2.75, 3.05) is 0 Å². The predicted octanol–water partition coefficient (Wildman–Crippen LogP) is 2.53. The van der Waals surface area contributed by atoms with Crippen molar-refractivity contribution in [3.05, 3.63) is 70.8 Å². The van der Waals surface area contributed by atoms with Crippen LogP contribution in [0.25, 0.3) is 0 Å². The Balaban J connectivity index is 1.47. The second-order valence-corrected chi connectivity index (χ2v) is 5.88. The Labute approximate surface area is 143 Å². The summed E-state index contributed by atoms with van der Waals surface area (Å²) in [7, 11) is 0. The number of halogens is 2. The molecule has 1 aliphatic carbocycles. The quantitative estimate of drug-likeness (QED) is 0.748. The second kappa shape index (κ2) is 7.29. The van der Waals surface area contributed by atoms with E-state index >= 15 is 0 Å². The molecule has 0 saturated carbocycles. The van der Waals surface area contributed by atoms with E-state index in [1.165, 1.54) is 36.4 Å². The summed E-state index contributed by atoms with van der Waals surface area (Å²) >= 11 is 0. The van der Waals surface area contributed by atoms with Crippen LogP contribution in [0.5, 0.6) is 0 Å². The van der Waals surface area contributed by atoms with Gasteiger partial charge in [0.15, 0.2) is 0 Å². The van der Waals surface area contributed by atoms with Gasteiger partial charge in [-0.25, -0.2) is 19.0 Å². The van der Waals surface area contributed by atoms with Gasteiger partial charge in [0, 0.05) is 0 Å². The van der Waals surface area contributed by atoms with Gasteiger partial charge in [-0.05, 0) is 53.8 Å². The maximum atomic E-state index is 13.2. The normalized spacial score (nSPS) is 15.4. The highest BCUT2D eigenvalue weighted by Gasteiger charge is 2.24. The molecule has 3 N–H and O–H groups in total. The fourth-order valence-electron chi connectivity index (χ4n) is 2.89. The number of carbonyl (C=O) groups excluding carboxylic acids is 2. The number of aryl methyl sites for hydroxylation is 1. The van der Waals surface area contributed by atoms with Gasteiger partial charge in [0.1, 0.15) is 11.6 Å². The van der Waals surface area contributed by atoms with Gasteiger partial charge in [-0.15, -0.1) is 0 Å². The van der Waals surface area contributed by atoms with Crippen molar-refractivity contribution in [3.63, 3.8) is 0 Å². The highest BCUT2D eigenvalue weighted by molar-refractivity contribution is 5.82. The van der Waals surface area contributed by atoms with Crippen LogP contribution < -0.4 is 16.2 Å². The van der Waals surface area contributed by atoms with Crippen LogP contribution in [-0.4, -0.2) is 11.9 Å². The predicted molar refractivity (Wildman–Crippen MR) is 87.4 cm³/mol. The van der Waals surface area contributed by atoms with Crippen molar-refractivity contribution >= 4 is 11.9 Å². The first kappa shape index (κ1) is 16.9. The first-order valence-corrected chi connectivity index (χ1v) is 7.89. The molecule has 0 aliphatic heterocycles. The molecule has 3 rings (SSSR count). The molecule has 1 atom stereocenters. The Morgan fingerprint density at radius 1 is 1.00 bits per heavy atom. The SMILES string of the molecule is O=C(Cc1ccc(F)cc1)NNC(=O)NC1CCc2cc(F)ccc21. The number of benzene rings is 2. The Kier molecular flexibility index (Phi) is 4.92. The summed E-state index contributed by atoms with van der Waals surface area (Å²) in [5.74, 6) is -1.09. The summed E-state index contributed by atoms with van der Waals surface area (Å²) in [4.78, 5) is 23.7. The third-order valence-corrected chi connectivity index (χ3v) is 4.08. The van der Waals surface area contributed by atoms with Crippen LogP contribution in [0.2, 0.25) is 0 Å². The summed E-state index contributed by atoms with van der Waals surface area (Å²) in [5, 5.41) is 2.74. The Hall–Kier alpha value is -2.96. The molecular weight excluding hydrogens is 328 g/mol. The highest BCUT2D eigenvalue weighted by atomic mass is 19.1. The average Bonchev–Trinajstić information content (AvgIpc) is 2.97. The summed E-state index contributed by atoms with van der Waals surface area (Å²) in [5.41, 5.74) is 6.98. The molecule has 2 aromatic carbocycles. The number of nitrogens with one attached hydrogen (secondary N) is 3. The van der Waals surface area contributed by atoms with E-state index in [0.29, 0.717) is 18.4 Å². The van der Waals surface area contributed by atoms with Gasteiger partial charge in [0.2, 0.25) is 5.91 Å². The molecule has 0 saturated heterocycles. The first-order valence-electron chi connectivity index (χ1n) is 7.89. The lowest BCUT2D eigenvalue weighted by Crippen LogP contribution is -2.48. The van der Waals surface area contributed by atoms with E-state index in [1.807, 2.05) is 0 Å². The molecule has 0 heterocycles. The van der Waals surface area contributed by atoms with E-state index < -0.39 is 11.9 Å². The van der Waals surface area contributed by atoms with Crippen molar-refractivity contribution in [3.8, 4) is 0 Å². The maximum absolute atomic E-state index is 13.2.